The zero-order valence-corrected chi connectivity index (χ0v) is 11.2. The van der Waals surface area contributed by atoms with Gasteiger partial charge in [0, 0.05) is 22.9 Å². The van der Waals surface area contributed by atoms with Crippen LogP contribution in [-0.2, 0) is 16.6 Å². The van der Waals surface area contributed by atoms with Gasteiger partial charge in [-0.25, -0.2) is 17.2 Å². The Balaban J connectivity index is 2.30. The number of nitrogens with one attached hydrogen (secondary N) is 1. The van der Waals surface area contributed by atoms with Crippen molar-refractivity contribution in [3.8, 4) is 0 Å². The molecule has 0 amide bonds. The molecule has 0 spiro atoms. The third kappa shape index (κ3) is 3.09. The van der Waals surface area contributed by atoms with E-state index in [2.05, 4.69) is 4.72 Å². The second-order valence-corrected chi connectivity index (χ2v) is 6.36. The van der Waals surface area contributed by atoms with Crippen molar-refractivity contribution in [2.24, 2.45) is 5.73 Å². The summed E-state index contributed by atoms with van der Waals surface area (Å²) in [6.07, 6.45) is 0. The molecular weight excluding hydrogens is 294 g/mol. The summed E-state index contributed by atoms with van der Waals surface area (Å²) in [4.78, 5) is 0.696. The monoisotopic (exact) mass is 304 g/mol. The van der Waals surface area contributed by atoms with Gasteiger partial charge in [0.1, 0.15) is 11.6 Å². The molecule has 2 aromatic rings. The topological polar surface area (TPSA) is 72.2 Å². The molecule has 1 aromatic heterocycles. The van der Waals surface area contributed by atoms with Crippen LogP contribution < -0.4 is 10.5 Å². The fourth-order valence-corrected chi connectivity index (χ4v) is 3.61. The van der Waals surface area contributed by atoms with Gasteiger partial charge in [-0.1, -0.05) is 0 Å². The molecule has 2 rings (SSSR count). The maximum Gasteiger partial charge on any atom is 0.262 e. The Hall–Kier alpha value is -1.51. The molecule has 19 heavy (non-hydrogen) atoms. The third-order valence-corrected chi connectivity index (χ3v) is 4.77. The minimum absolute atomic E-state index is 0.00155. The van der Waals surface area contributed by atoms with Crippen LogP contribution in [-0.4, -0.2) is 8.42 Å². The first-order valence-electron chi connectivity index (χ1n) is 5.18. The zero-order valence-electron chi connectivity index (χ0n) is 9.56. The molecular formula is C11H10F2N2O2S2. The van der Waals surface area contributed by atoms with Gasteiger partial charge in [-0.05, 0) is 18.2 Å². The highest BCUT2D eigenvalue weighted by molar-refractivity contribution is 7.92. The molecule has 4 nitrogen and oxygen atoms in total. The first kappa shape index (κ1) is 13.9. The molecule has 0 saturated carbocycles. The predicted octanol–water partition coefficient (Wildman–Crippen LogP) is 2.29. The molecule has 0 unspecified atom stereocenters. The van der Waals surface area contributed by atoms with Gasteiger partial charge in [0.15, 0.2) is 0 Å². The lowest BCUT2D eigenvalue weighted by Crippen LogP contribution is -2.13. The molecule has 102 valence electrons. The van der Waals surface area contributed by atoms with Crippen molar-refractivity contribution in [3.63, 3.8) is 0 Å². The van der Waals surface area contributed by atoms with E-state index >= 15 is 0 Å². The first-order valence-corrected chi connectivity index (χ1v) is 7.54. The number of halogens is 2. The van der Waals surface area contributed by atoms with Gasteiger partial charge in [0.25, 0.3) is 10.0 Å². The molecule has 0 radical (unpaired) electrons. The third-order valence-electron chi connectivity index (χ3n) is 2.32. The molecule has 0 bridgehead atoms. The number of thiophene rings is 1. The number of anilines is 1. The molecule has 0 aliphatic heterocycles. The van der Waals surface area contributed by atoms with Crippen molar-refractivity contribution in [1.29, 1.82) is 0 Å². The van der Waals surface area contributed by atoms with Gasteiger partial charge in [0.05, 0.1) is 10.6 Å². The number of hydrogen-bond acceptors (Lipinski definition) is 4. The highest BCUT2D eigenvalue weighted by Crippen LogP contribution is 2.23. The summed E-state index contributed by atoms with van der Waals surface area (Å²) in [7, 11) is -3.90. The molecule has 1 heterocycles. The number of hydrogen-bond donors (Lipinski definition) is 2. The minimum Gasteiger partial charge on any atom is -0.326 e. The molecule has 8 heteroatoms. The SMILES string of the molecule is NCc1cc(S(=O)(=O)Nc2ccc(F)cc2F)cs1. The average molecular weight is 304 g/mol. The van der Waals surface area contributed by atoms with E-state index in [0.717, 1.165) is 12.1 Å². The molecule has 1 aromatic carbocycles. The van der Waals surface area contributed by atoms with E-state index in [1.54, 1.807) is 0 Å². The lowest BCUT2D eigenvalue weighted by atomic mass is 10.3. The van der Waals surface area contributed by atoms with Crippen LogP contribution in [0.5, 0.6) is 0 Å². The van der Waals surface area contributed by atoms with Gasteiger partial charge < -0.3 is 5.73 Å². The maximum atomic E-state index is 13.4. The summed E-state index contributed by atoms with van der Waals surface area (Å²) in [6, 6.07) is 4.02. The average Bonchev–Trinajstić information content (AvgIpc) is 2.82. The van der Waals surface area contributed by atoms with Gasteiger partial charge in [-0.2, -0.15) is 0 Å². The number of rotatable bonds is 4. The first-order chi connectivity index (χ1) is 8.92. The normalized spacial score (nSPS) is 11.5. The van der Waals surface area contributed by atoms with E-state index < -0.39 is 21.7 Å². The summed E-state index contributed by atoms with van der Waals surface area (Å²) in [6.45, 7) is 0.227. The predicted molar refractivity (Wildman–Crippen MR) is 69.4 cm³/mol. The largest absolute Gasteiger partial charge is 0.326 e. The van der Waals surface area contributed by atoms with Crippen LogP contribution in [0.3, 0.4) is 0 Å². The van der Waals surface area contributed by atoms with E-state index in [-0.39, 0.29) is 17.1 Å². The Kier molecular flexibility index (Phi) is 3.83. The van der Waals surface area contributed by atoms with Crippen LogP contribution in [0.4, 0.5) is 14.5 Å². The lowest BCUT2D eigenvalue weighted by molar-refractivity contribution is 0.583. The van der Waals surface area contributed by atoms with Crippen LogP contribution in [0.1, 0.15) is 4.88 Å². The lowest BCUT2D eigenvalue weighted by Gasteiger charge is -2.07. The molecule has 0 saturated heterocycles. The van der Waals surface area contributed by atoms with E-state index in [1.807, 2.05) is 0 Å². The Labute approximate surface area is 112 Å². The van der Waals surface area contributed by atoms with Crippen LogP contribution in [0, 0.1) is 11.6 Å². The summed E-state index contributed by atoms with van der Waals surface area (Å²) in [5, 5.41) is 1.41. The van der Waals surface area contributed by atoms with E-state index in [9.17, 15) is 17.2 Å². The molecule has 3 N–H and O–H groups in total. The van der Waals surface area contributed by atoms with Crippen LogP contribution >= 0.6 is 11.3 Å². The van der Waals surface area contributed by atoms with Crippen molar-refractivity contribution < 1.29 is 17.2 Å². The van der Waals surface area contributed by atoms with Gasteiger partial charge in [-0.3, -0.25) is 4.72 Å². The summed E-state index contributed by atoms with van der Waals surface area (Å²) >= 11 is 1.20. The standard InChI is InChI=1S/C11H10F2N2O2S2/c12-7-1-2-11(10(13)3-7)15-19(16,17)9-4-8(5-14)18-6-9/h1-4,6,15H,5,14H2. The van der Waals surface area contributed by atoms with E-state index in [0.29, 0.717) is 10.9 Å². The fraction of sp³-hybridized carbons (Fsp3) is 0.0909. The van der Waals surface area contributed by atoms with Crippen LogP contribution in [0.25, 0.3) is 0 Å². The zero-order chi connectivity index (χ0) is 14.0. The smallest absolute Gasteiger partial charge is 0.262 e. The Bertz CT molecular complexity index is 698. The van der Waals surface area contributed by atoms with Crippen molar-refractivity contribution >= 4 is 27.0 Å². The Morgan fingerprint density at radius 1 is 1.26 bits per heavy atom. The Morgan fingerprint density at radius 2 is 2.00 bits per heavy atom. The summed E-state index contributed by atoms with van der Waals surface area (Å²) in [5.74, 6) is -1.75. The number of sulfonamides is 1. The second-order valence-electron chi connectivity index (χ2n) is 3.68. The molecule has 0 atom stereocenters. The number of benzene rings is 1. The van der Waals surface area contributed by atoms with Crippen molar-refractivity contribution in [3.05, 3.63) is 46.2 Å². The quantitative estimate of drug-likeness (QED) is 0.910. The van der Waals surface area contributed by atoms with Gasteiger partial charge in [0.2, 0.25) is 0 Å². The van der Waals surface area contributed by atoms with E-state index in [4.69, 9.17) is 5.73 Å². The van der Waals surface area contributed by atoms with Gasteiger partial charge in [-0.15, -0.1) is 11.3 Å². The molecule has 0 aliphatic carbocycles. The van der Waals surface area contributed by atoms with Crippen molar-refractivity contribution in [2.45, 2.75) is 11.4 Å². The second kappa shape index (κ2) is 5.24. The number of nitrogens with two attached hydrogens (primary N) is 1. The Morgan fingerprint density at radius 3 is 2.58 bits per heavy atom. The highest BCUT2D eigenvalue weighted by atomic mass is 32.2. The van der Waals surface area contributed by atoms with Crippen LogP contribution in [0.2, 0.25) is 0 Å². The summed E-state index contributed by atoms with van der Waals surface area (Å²) in [5.41, 5.74) is 5.09. The van der Waals surface area contributed by atoms with Crippen molar-refractivity contribution in [1.82, 2.24) is 0 Å². The van der Waals surface area contributed by atoms with Crippen LogP contribution in [0.15, 0.2) is 34.5 Å². The molecule has 0 fully saturated rings. The van der Waals surface area contributed by atoms with E-state index in [1.165, 1.54) is 22.8 Å². The maximum absolute atomic E-state index is 13.4. The molecule has 0 aliphatic rings. The fourth-order valence-electron chi connectivity index (χ4n) is 1.38. The van der Waals surface area contributed by atoms with Gasteiger partial charge >= 0.3 is 0 Å². The minimum atomic E-state index is -3.90. The summed E-state index contributed by atoms with van der Waals surface area (Å²) < 4.78 is 52.1. The van der Waals surface area contributed by atoms with Crippen molar-refractivity contribution in [2.75, 3.05) is 4.72 Å². The highest BCUT2D eigenvalue weighted by Gasteiger charge is 2.18.